The quantitative estimate of drug-likeness (QED) is 0.939. The van der Waals surface area contributed by atoms with Gasteiger partial charge >= 0.3 is 5.97 Å². The van der Waals surface area contributed by atoms with Gasteiger partial charge in [0, 0.05) is 11.9 Å². The summed E-state index contributed by atoms with van der Waals surface area (Å²) in [6.07, 6.45) is 1.52. The van der Waals surface area contributed by atoms with Crippen LogP contribution in [0.1, 0.15) is 10.5 Å². The number of hydrogen-bond acceptors (Lipinski definition) is 2. The molecule has 6 heteroatoms. The second-order valence-corrected chi connectivity index (χ2v) is 4.38. The molecule has 0 aliphatic heterocycles. The van der Waals surface area contributed by atoms with Gasteiger partial charge in [0.2, 0.25) is 0 Å². The van der Waals surface area contributed by atoms with Gasteiger partial charge in [-0.3, -0.25) is 0 Å². The van der Waals surface area contributed by atoms with E-state index in [-0.39, 0.29) is 5.69 Å². The highest BCUT2D eigenvalue weighted by atomic mass is 35.5. The predicted octanol–water partition coefficient (Wildman–Crippen LogP) is 3.49. The highest BCUT2D eigenvalue weighted by Crippen LogP contribution is 2.28. The summed E-state index contributed by atoms with van der Waals surface area (Å²) in [7, 11) is 1.51. The van der Waals surface area contributed by atoms with Crippen LogP contribution in [-0.2, 0) is 0 Å². The minimum Gasteiger partial charge on any atom is -0.495 e. The Hall–Kier alpha value is -1.65. The summed E-state index contributed by atoms with van der Waals surface area (Å²) in [6.45, 7) is 0. The molecule has 2 rings (SSSR count). The topological polar surface area (TPSA) is 51.5 Å². The molecule has 2 aromatic rings. The third-order valence-corrected chi connectivity index (χ3v) is 2.92. The van der Waals surface area contributed by atoms with Gasteiger partial charge in [0.25, 0.3) is 0 Å². The van der Waals surface area contributed by atoms with E-state index in [4.69, 9.17) is 33.0 Å². The average molecular weight is 286 g/mol. The van der Waals surface area contributed by atoms with E-state index in [9.17, 15) is 4.79 Å². The monoisotopic (exact) mass is 285 g/mol. The molecular formula is C12H9Cl2NO3. The number of benzene rings is 1. The van der Waals surface area contributed by atoms with Crippen LogP contribution in [0.5, 0.6) is 5.75 Å². The van der Waals surface area contributed by atoms with E-state index in [1.807, 2.05) is 0 Å². The maximum absolute atomic E-state index is 11.1. The lowest BCUT2D eigenvalue weighted by Crippen LogP contribution is -2.05. The fourth-order valence-corrected chi connectivity index (χ4v) is 2.07. The van der Waals surface area contributed by atoms with E-state index < -0.39 is 5.97 Å². The highest BCUT2D eigenvalue weighted by Gasteiger charge is 2.14. The Bertz CT molecular complexity index is 607. The molecule has 0 saturated carbocycles. The van der Waals surface area contributed by atoms with E-state index in [2.05, 4.69) is 0 Å². The van der Waals surface area contributed by atoms with Crippen LogP contribution in [0.25, 0.3) is 5.69 Å². The van der Waals surface area contributed by atoms with E-state index in [1.165, 1.54) is 23.9 Å². The van der Waals surface area contributed by atoms with Crippen molar-refractivity contribution in [2.45, 2.75) is 0 Å². The lowest BCUT2D eigenvalue weighted by atomic mass is 10.3. The third-order valence-electron chi connectivity index (χ3n) is 2.42. The zero-order chi connectivity index (χ0) is 13.3. The van der Waals surface area contributed by atoms with Gasteiger partial charge in [-0.25, -0.2) is 4.79 Å². The molecule has 0 atom stereocenters. The number of nitrogens with zero attached hydrogens (tertiary/aromatic N) is 1. The summed E-state index contributed by atoms with van der Waals surface area (Å²) in [5.41, 5.74) is 0.673. The van der Waals surface area contributed by atoms with Gasteiger partial charge in [0.15, 0.2) is 0 Å². The second kappa shape index (κ2) is 4.92. The molecule has 4 nitrogen and oxygen atoms in total. The molecular weight excluding hydrogens is 277 g/mol. The normalized spacial score (nSPS) is 10.4. The van der Waals surface area contributed by atoms with Gasteiger partial charge < -0.3 is 14.4 Å². The van der Waals surface area contributed by atoms with Gasteiger partial charge in [-0.1, -0.05) is 23.2 Å². The predicted molar refractivity (Wildman–Crippen MR) is 69.3 cm³/mol. The number of ether oxygens (including phenoxy) is 1. The van der Waals surface area contributed by atoms with Crippen molar-refractivity contribution >= 4 is 29.2 Å². The summed E-state index contributed by atoms with van der Waals surface area (Å²) < 4.78 is 6.49. The van der Waals surface area contributed by atoms with Gasteiger partial charge in [-0.15, -0.1) is 0 Å². The molecule has 18 heavy (non-hydrogen) atoms. The maximum Gasteiger partial charge on any atom is 0.352 e. The molecule has 1 N–H and O–H groups in total. The fraction of sp³-hybridized carbons (Fsp3) is 0.0833. The molecule has 0 bridgehead atoms. The number of rotatable bonds is 3. The molecule has 0 radical (unpaired) electrons. The lowest BCUT2D eigenvalue weighted by Gasteiger charge is -2.09. The van der Waals surface area contributed by atoms with Crippen molar-refractivity contribution in [2.24, 2.45) is 0 Å². The molecule has 0 amide bonds. The Kier molecular flexibility index (Phi) is 3.50. The summed E-state index contributed by atoms with van der Waals surface area (Å²) in [5.74, 6) is -0.538. The largest absolute Gasteiger partial charge is 0.495 e. The summed E-state index contributed by atoms with van der Waals surface area (Å²) >= 11 is 11.8. The molecule has 0 fully saturated rings. The van der Waals surface area contributed by atoms with Crippen molar-refractivity contribution in [3.8, 4) is 11.4 Å². The number of carboxylic acids is 1. The first-order valence-corrected chi connectivity index (χ1v) is 5.73. The minimum atomic E-state index is -1.06. The van der Waals surface area contributed by atoms with Crippen molar-refractivity contribution in [1.29, 1.82) is 0 Å². The zero-order valence-electron chi connectivity index (χ0n) is 9.35. The van der Waals surface area contributed by atoms with E-state index in [0.29, 0.717) is 21.5 Å². The number of hydrogen-bond donors (Lipinski definition) is 1. The maximum atomic E-state index is 11.1. The van der Waals surface area contributed by atoms with Gasteiger partial charge in [-0.2, -0.15) is 0 Å². The summed E-state index contributed by atoms with van der Waals surface area (Å²) in [6, 6.07) is 6.36. The third kappa shape index (κ3) is 2.30. The summed E-state index contributed by atoms with van der Waals surface area (Å²) in [4.78, 5) is 11.1. The summed E-state index contributed by atoms with van der Waals surface area (Å²) in [5, 5.41) is 9.82. The van der Waals surface area contributed by atoms with Crippen molar-refractivity contribution in [3.63, 3.8) is 0 Å². The van der Waals surface area contributed by atoms with Gasteiger partial charge in [0.1, 0.15) is 11.4 Å². The highest BCUT2D eigenvalue weighted by molar-refractivity contribution is 6.32. The first-order chi connectivity index (χ1) is 8.52. The Morgan fingerprint density at radius 2 is 2.06 bits per heavy atom. The molecule has 0 aliphatic carbocycles. The lowest BCUT2D eigenvalue weighted by molar-refractivity contribution is 0.0688. The van der Waals surface area contributed by atoms with Crippen LogP contribution in [-0.4, -0.2) is 22.8 Å². The van der Waals surface area contributed by atoms with Gasteiger partial charge in [0.05, 0.1) is 17.2 Å². The number of carboxylic acid groups (broad SMARTS) is 1. The van der Waals surface area contributed by atoms with Crippen molar-refractivity contribution < 1.29 is 14.6 Å². The Balaban J connectivity index is 2.55. The van der Waals surface area contributed by atoms with E-state index in [1.54, 1.807) is 18.2 Å². The van der Waals surface area contributed by atoms with E-state index in [0.717, 1.165) is 0 Å². The van der Waals surface area contributed by atoms with Crippen LogP contribution in [0.4, 0.5) is 0 Å². The van der Waals surface area contributed by atoms with Crippen LogP contribution in [0.3, 0.4) is 0 Å². The number of aromatic carboxylic acids is 1. The van der Waals surface area contributed by atoms with Crippen molar-refractivity contribution in [3.05, 3.63) is 46.2 Å². The van der Waals surface area contributed by atoms with Crippen LogP contribution < -0.4 is 4.74 Å². The average Bonchev–Trinajstić information content (AvgIpc) is 2.71. The Morgan fingerprint density at radius 1 is 1.33 bits per heavy atom. The van der Waals surface area contributed by atoms with Gasteiger partial charge in [-0.05, 0) is 24.3 Å². The molecule has 0 aliphatic rings. The first kappa shape index (κ1) is 12.8. The van der Waals surface area contributed by atoms with Crippen LogP contribution >= 0.6 is 23.2 Å². The molecule has 0 spiro atoms. The Morgan fingerprint density at radius 3 is 2.61 bits per heavy atom. The SMILES string of the molecule is COc1ccc(-n2cc(Cl)cc2C(=O)O)cc1Cl. The molecule has 0 unspecified atom stereocenters. The van der Waals surface area contributed by atoms with Crippen LogP contribution in [0.2, 0.25) is 10.0 Å². The molecule has 1 aromatic heterocycles. The zero-order valence-corrected chi connectivity index (χ0v) is 10.9. The molecule has 0 saturated heterocycles. The fourth-order valence-electron chi connectivity index (χ4n) is 1.61. The number of halogens is 2. The number of methoxy groups -OCH3 is 1. The second-order valence-electron chi connectivity index (χ2n) is 3.54. The van der Waals surface area contributed by atoms with Crippen LogP contribution in [0, 0.1) is 0 Å². The number of aromatic nitrogens is 1. The smallest absolute Gasteiger partial charge is 0.352 e. The van der Waals surface area contributed by atoms with Crippen molar-refractivity contribution in [1.82, 2.24) is 4.57 Å². The molecule has 1 aromatic carbocycles. The molecule has 1 heterocycles. The van der Waals surface area contributed by atoms with Crippen LogP contribution in [0.15, 0.2) is 30.5 Å². The minimum absolute atomic E-state index is 0.0706. The molecule has 94 valence electrons. The first-order valence-electron chi connectivity index (χ1n) is 4.98. The number of carbonyl (C=O) groups is 1. The standard InChI is InChI=1S/C12H9Cl2NO3/c1-18-11-3-2-8(5-9(11)14)15-6-7(13)4-10(15)12(16)17/h2-6H,1H3,(H,16,17). The van der Waals surface area contributed by atoms with E-state index >= 15 is 0 Å². The van der Waals surface area contributed by atoms with Crippen molar-refractivity contribution in [2.75, 3.05) is 7.11 Å². The Labute approximate surface area is 113 Å².